The first-order valence-corrected chi connectivity index (χ1v) is 10.2. The van der Waals surface area contributed by atoms with E-state index in [2.05, 4.69) is 4.90 Å². The molecule has 1 aliphatic rings. The summed E-state index contributed by atoms with van der Waals surface area (Å²) in [7, 11) is -3.47. The molecule has 25 heavy (non-hydrogen) atoms. The zero-order chi connectivity index (χ0) is 18.6. The Morgan fingerprint density at radius 1 is 1.16 bits per heavy atom. The lowest BCUT2D eigenvalue weighted by Crippen LogP contribution is -2.50. The lowest BCUT2D eigenvalue weighted by molar-refractivity contribution is -0.0117. The largest absolute Gasteiger partial charge is 0.389 e. The normalized spacial score (nSPS) is 18.6. The van der Waals surface area contributed by atoms with Gasteiger partial charge < -0.3 is 9.84 Å². The van der Waals surface area contributed by atoms with Crippen LogP contribution in [0.5, 0.6) is 0 Å². The molecule has 1 heterocycles. The van der Waals surface area contributed by atoms with Crippen molar-refractivity contribution in [2.24, 2.45) is 0 Å². The van der Waals surface area contributed by atoms with Gasteiger partial charge in [0.15, 0.2) is 0 Å². The topological polar surface area (TPSA) is 70.1 Å². The second-order valence-corrected chi connectivity index (χ2v) is 8.92. The average Bonchev–Trinajstić information content (AvgIpc) is 2.55. The highest BCUT2D eigenvalue weighted by atomic mass is 32.2. The van der Waals surface area contributed by atoms with Crippen LogP contribution in [0.1, 0.15) is 25.0 Å². The molecule has 7 heteroatoms. The van der Waals surface area contributed by atoms with Gasteiger partial charge in [0.2, 0.25) is 10.0 Å². The van der Waals surface area contributed by atoms with Gasteiger partial charge in [0.1, 0.15) is 0 Å². The van der Waals surface area contributed by atoms with E-state index in [0.29, 0.717) is 44.2 Å². The Hall–Kier alpha value is -0.990. The Balaban J connectivity index is 1.94. The minimum Gasteiger partial charge on any atom is -0.389 e. The maximum absolute atomic E-state index is 12.9. The zero-order valence-electron chi connectivity index (χ0n) is 15.6. The molecular weight excluding hydrogens is 340 g/mol. The summed E-state index contributed by atoms with van der Waals surface area (Å²) in [5.41, 5.74) is 1.71. The highest BCUT2D eigenvalue weighted by molar-refractivity contribution is 7.89. The molecule has 1 atom stereocenters. The van der Waals surface area contributed by atoms with Crippen molar-refractivity contribution in [1.29, 1.82) is 0 Å². The molecule has 1 aliphatic heterocycles. The number of hydrogen-bond acceptors (Lipinski definition) is 5. The van der Waals surface area contributed by atoms with Crippen molar-refractivity contribution < 1.29 is 18.3 Å². The van der Waals surface area contributed by atoms with E-state index in [0.717, 1.165) is 11.1 Å². The second-order valence-electron chi connectivity index (χ2n) is 7.01. The van der Waals surface area contributed by atoms with Gasteiger partial charge in [-0.1, -0.05) is 12.1 Å². The quantitative estimate of drug-likeness (QED) is 0.786. The monoisotopic (exact) mass is 370 g/mol. The van der Waals surface area contributed by atoms with E-state index in [1.807, 2.05) is 39.8 Å². The van der Waals surface area contributed by atoms with Crippen LogP contribution < -0.4 is 0 Å². The van der Waals surface area contributed by atoms with Crippen molar-refractivity contribution in [3.63, 3.8) is 0 Å². The molecule has 0 amide bonds. The summed E-state index contributed by atoms with van der Waals surface area (Å²) in [6.07, 6.45) is -0.459. The van der Waals surface area contributed by atoms with Gasteiger partial charge in [-0.15, -0.1) is 0 Å². The van der Waals surface area contributed by atoms with Crippen molar-refractivity contribution in [2.45, 2.75) is 44.8 Å². The number of ether oxygens (including phenoxy) is 1. The SMILES string of the molecule is Cc1ccc(C)c(S(=O)(=O)N2CCN(CC(O)COC(C)C)CC2)c1. The summed E-state index contributed by atoms with van der Waals surface area (Å²) in [6, 6.07) is 5.51. The van der Waals surface area contributed by atoms with E-state index in [1.165, 1.54) is 0 Å². The molecule has 1 saturated heterocycles. The van der Waals surface area contributed by atoms with Gasteiger partial charge >= 0.3 is 0 Å². The van der Waals surface area contributed by atoms with E-state index < -0.39 is 16.1 Å². The van der Waals surface area contributed by atoms with E-state index in [-0.39, 0.29) is 6.10 Å². The molecule has 1 aromatic carbocycles. The summed E-state index contributed by atoms with van der Waals surface area (Å²) >= 11 is 0. The Morgan fingerprint density at radius 3 is 2.40 bits per heavy atom. The molecule has 1 unspecified atom stereocenters. The number of rotatable bonds is 7. The first kappa shape index (κ1) is 20.3. The van der Waals surface area contributed by atoms with Crippen LogP contribution in [0.2, 0.25) is 0 Å². The molecule has 0 bridgehead atoms. The number of aryl methyl sites for hydroxylation is 2. The van der Waals surface area contributed by atoms with Crippen LogP contribution in [0.3, 0.4) is 0 Å². The molecule has 0 radical (unpaired) electrons. The van der Waals surface area contributed by atoms with Crippen LogP contribution in [-0.2, 0) is 14.8 Å². The fourth-order valence-electron chi connectivity index (χ4n) is 2.93. The zero-order valence-corrected chi connectivity index (χ0v) is 16.4. The molecule has 0 aromatic heterocycles. The molecule has 142 valence electrons. The fourth-order valence-corrected chi connectivity index (χ4v) is 4.66. The Morgan fingerprint density at radius 2 is 1.80 bits per heavy atom. The molecule has 0 aliphatic carbocycles. The third-order valence-corrected chi connectivity index (χ3v) is 6.42. The van der Waals surface area contributed by atoms with Gasteiger partial charge in [0.05, 0.1) is 23.7 Å². The lowest BCUT2D eigenvalue weighted by atomic mass is 10.2. The van der Waals surface area contributed by atoms with E-state index in [1.54, 1.807) is 10.4 Å². The van der Waals surface area contributed by atoms with Crippen LogP contribution in [0.15, 0.2) is 23.1 Å². The summed E-state index contributed by atoms with van der Waals surface area (Å²) in [6.45, 7) is 10.5. The van der Waals surface area contributed by atoms with E-state index in [9.17, 15) is 13.5 Å². The molecule has 0 spiro atoms. The first-order chi connectivity index (χ1) is 11.7. The third-order valence-electron chi connectivity index (χ3n) is 4.38. The van der Waals surface area contributed by atoms with Crippen LogP contribution >= 0.6 is 0 Å². The standard InChI is InChI=1S/C18H30N2O4S/c1-14(2)24-13-17(21)12-19-7-9-20(10-8-19)25(22,23)18-11-15(3)5-6-16(18)4/h5-6,11,14,17,21H,7-10,12-13H2,1-4H3. The number of nitrogens with zero attached hydrogens (tertiary/aromatic N) is 2. The fraction of sp³-hybridized carbons (Fsp3) is 0.667. The highest BCUT2D eigenvalue weighted by Crippen LogP contribution is 2.22. The van der Waals surface area contributed by atoms with Gasteiger partial charge in [-0.25, -0.2) is 8.42 Å². The predicted octanol–water partition coefficient (Wildman–Crippen LogP) is 1.40. The van der Waals surface area contributed by atoms with Gasteiger partial charge in [-0.2, -0.15) is 4.31 Å². The average molecular weight is 371 g/mol. The number of piperazine rings is 1. The van der Waals surface area contributed by atoms with Gasteiger partial charge in [0.25, 0.3) is 0 Å². The Bertz CT molecular complexity index is 668. The van der Waals surface area contributed by atoms with Crippen molar-refractivity contribution in [3.8, 4) is 0 Å². The van der Waals surface area contributed by atoms with E-state index in [4.69, 9.17) is 4.74 Å². The molecule has 2 rings (SSSR count). The van der Waals surface area contributed by atoms with Crippen molar-refractivity contribution in [2.75, 3.05) is 39.3 Å². The summed E-state index contributed by atoms with van der Waals surface area (Å²) in [5.74, 6) is 0. The Labute approximate surface area is 151 Å². The molecule has 6 nitrogen and oxygen atoms in total. The smallest absolute Gasteiger partial charge is 0.243 e. The number of benzene rings is 1. The number of β-amino-alcohol motifs (C(OH)–C–C–N with tert-alkyl or cyclic N) is 1. The number of hydrogen-bond donors (Lipinski definition) is 1. The van der Waals surface area contributed by atoms with Gasteiger partial charge in [-0.3, -0.25) is 4.90 Å². The van der Waals surface area contributed by atoms with Crippen LogP contribution in [-0.4, -0.2) is 74.3 Å². The molecule has 1 aromatic rings. The maximum atomic E-state index is 12.9. The molecular formula is C18H30N2O4S. The minimum atomic E-state index is -3.47. The highest BCUT2D eigenvalue weighted by Gasteiger charge is 2.30. The molecule has 1 fully saturated rings. The predicted molar refractivity (Wildman–Crippen MR) is 98.2 cm³/mol. The summed E-state index contributed by atoms with van der Waals surface area (Å²) < 4.78 is 32.8. The molecule has 1 N–H and O–H groups in total. The van der Waals surface area contributed by atoms with Gasteiger partial charge in [0, 0.05) is 32.7 Å². The van der Waals surface area contributed by atoms with Crippen LogP contribution in [0.25, 0.3) is 0 Å². The van der Waals surface area contributed by atoms with Crippen molar-refractivity contribution in [3.05, 3.63) is 29.3 Å². The number of aliphatic hydroxyl groups is 1. The minimum absolute atomic E-state index is 0.0919. The third kappa shape index (κ3) is 5.49. The molecule has 0 saturated carbocycles. The second kappa shape index (κ2) is 8.60. The van der Waals surface area contributed by atoms with Crippen LogP contribution in [0, 0.1) is 13.8 Å². The van der Waals surface area contributed by atoms with Crippen molar-refractivity contribution >= 4 is 10.0 Å². The summed E-state index contributed by atoms with van der Waals surface area (Å²) in [4.78, 5) is 2.48. The van der Waals surface area contributed by atoms with Gasteiger partial charge in [-0.05, 0) is 44.9 Å². The van der Waals surface area contributed by atoms with E-state index >= 15 is 0 Å². The first-order valence-electron chi connectivity index (χ1n) is 8.79. The Kier molecular flexibility index (Phi) is 6.99. The number of sulfonamides is 1. The lowest BCUT2D eigenvalue weighted by Gasteiger charge is -2.35. The summed E-state index contributed by atoms with van der Waals surface area (Å²) in [5, 5.41) is 10.0. The van der Waals surface area contributed by atoms with Crippen LogP contribution in [0.4, 0.5) is 0 Å². The number of aliphatic hydroxyl groups excluding tert-OH is 1. The van der Waals surface area contributed by atoms with Crippen molar-refractivity contribution in [1.82, 2.24) is 9.21 Å². The maximum Gasteiger partial charge on any atom is 0.243 e.